The number of carbonyl (C=O) groups excluding carboxylic acids is 1. The molecule has 0 aliphatic rings. The third-order valence-corrected chi connectivity index (χ3v) is 4.90. The molecule has 164 valence electrons. The summed E-state index contributed by atoms with van der Waals surface area (Å²) in [5, 5.41) is 0. The lowest BCUT2D eigenvalue weighted by Crippen LogP contribution is -2.35. The lowest BCUT2D eigenvalue weighted by Gasteiger charge is -2.25. The second-order valence-corrected chi connectivity index (χ2v) is 8.82. The third-order valence-electron chi connectivity index (χ3n) is 4.90. The van der Waals surface area contributed by atoms with Crippen molar-refractivity contribution >= 4 is 17.8 Å². The maximum absolute atomic E-state index is 13.2. The first-order valence-electron chi connectivity index (χ1n) is 11.0. The van der Waals surface area contributed by atoms with Gasteiger partial charge >= 0.3 is 5.97 Å². The van der Waals surface area contributed by atoms with Gasteiger partial charge in [-0.15, -0.1) is 0 Å². The summed E-state index contributed by atoms with van der Waals surface area (Å²) in [6.45, 7) is 7.65. The van der Waals surface area contributed by atoms with E-state index >= 15 is 0 Å². The molecule has 3 aromatic carbocycles. The van der Waals surface area contributed by atoms with Crippen LogP contribution in [0.2, 0.25) is 0 Å². The van der Waals surface area contributed by atoms with Crippen LogP contribution in [0.1, 0.15) is 44.4 Å². The average Bonchev–Trinajstić information content (AvgIpc) is 2.79. The number of aliphatic imine (C=N–C) groups is 1. The van der Waals surface area contributed by atoms with Crippen molar-refractivity contribution < 1.29 is 9.53 Å². The van der Waals surface area contributed by atoms with Crippen LogP contribution in [0.3, 0.4) is 0 Å². The van der Waals surface area contributed by atoms with Gasteiger partial charge < -0.3 is 4.74 Å². The van der Waals surface area contributed by atoms with E-state index in [0.717, 1.165) is 22.4 Å². The molecule has 0 saturated heterocycles. The molecule has 0 unspecified atom stereocenters. The quantitative estimate of drug-likeness (QED) is 0.317. The maximum atomic E-state index is 13.2. The number of esters is 1. The van der Waals surface area contributed by atoms with Crippen molar-refractivity contribution in [2.75, 3.05) is 0 Å². The van der Waals surface area contributed by atoms with Gasteiger partial charge in [0, 0.05) is 17.0 Å². The lowest BCUT2D eigenvalue weighted by atomic mass is 9.97. The molecule has 0 spiro atoms. The van der Waals surface area contributed by atoms with Gasteiger partial charge in [0.05, 0.1) is 5.71 Å². The van der Waals surface area contributed by atoms with Crippen molar-refractivity contribution in [3.63, 3.8) is 0 Å². The third kappa shape index (κ3) is 6.78. The van der Waals surface area contributed by atoms with Gasteiger partial charge in [0.15, 0.2) is 6.04 Å². The molecule has 0 amide bonds. The zero-order valence-electron chi connectivity index (χ0n) is 19.2. The van der Waals surface area contributed by atoms with Crippen molar-refractivity contribution in [1.82, 2.24) is 0 Å². The molecule has 3 aromatic rings. The summed E-state index contributed by atoms with van der Waals surface area (Å²) < 4.78 is 5.77. The Bertz CT molecular complexity index is 1010. The highest BCUT2D eigenvalue weighted by Crippen LogP contribution is 2.21. The number of hydrogen-bond donors (Lipinski definition) is 0. The monoisotopic (exact) mass is 425 g/mol. The predicted octanol–water partition coefficient (Wildman–Crippen LogP) is 6.58. The highest BCUT2D eigenvalue weighted by atomic mass is 16.6. The molecular weight excluding hydrogens is 394 g/mol. The Morgan fingerprint density at radius 2 is 1.28 bits per heavy atom. The summed E-state index contributed by atoms with van der Waals surface area (Å²) in [6, 6.07) is 29.3. The van der Waals surface area contributed by atoms with E-state index in [1.165, 1.54) is 0 Å². The average molecular weight is 426 g/mol. The fourth-order valence-electron chi connectivity index (χ4n) is 3.33. The van der Waals surface area contributed by atoms with Crippen LogP contribution in [0.4, 0.5) is 0 Å². The first-order chi connectivity index (χ1) is 15.3. The summed E-state index contributed by atoms with van der Waals surface area (Å²) in [6.07, 6.45) is 4.06. The van der Waals surface area contributed by atoms with Gasteiger partial charge in [0.1, 0.15) is 5.60 Å². The molecule has 3 nitrogen and oxygen atoms in total. The van der Waals surface area contributed by atoms with E-state index in [1.54, 1.807) is 0 Å². The molecule has 2 atom stereocenters. The topological polar surface area (TPSA) is 38.7 Å². The van der Waals surface area contributed by atoms with Gasteiger partial charge in [-0.25, -0.2) is 4.79 Å². The largest absolute Gasteiger partial charge is 0.458 e. The van der Waals surface area contributed by atoms with E-state index in [-0.39, 0.29) is 11.9 Å². The number of rotatable bonds is 7. The van der Waals surface area contributed by atoms with E-state index in [2.05, 4.69) is 0 Å². The number of ether oxygens (including phenoxy) is 1. The van der Waals surface area contributed by atoms with Crippen molar-refractivity contribution in [3.8, 4) is 0 Å². The van der Waals surface area contributed by atoms with Gasteiger partial charge in [-0.05, 0) is 26.3 Å². The number of nitrogens with zero attached hydrogens (tertiary/aromatic N) is 1. The molecular formula is C29H31NO2. The number of carbonyl (C=O) groups is 1. The van der Waals surface area contributed by atoms with Crippen LogP contribution in [0.5, 0.6) is 0 Å². The molecule has 0 aliphatic heterocycles. The molecule has 0 fully saturated rings. The lowest BCUT2D eigenvalue weighted by molar-refractivity contribution is -0.157. The Hall–Kier alpha value is -3.46. The molecule has 0 saturated carbocycles. The minimum absolute atomic E-state index is 0.160. The Balaban J connectivity index is 2.04. The smallest absolute Gasteiger partial charge is 0.332 e. The van der Waals surface area contributed by atoms with E-state index in [1.807, 2.05) is 131 Å². The standard InChI is InChI=1S/C29H31NO2/c1-22(20-21-23-14-8-5-9-15-23)26(28(31)32-29(2,3)4)30-27(24-16-10-6-11-17-24)25-18-12-7-13-19-25/h5-22,26H,1-4H3/b21-20+/t22-,26-/m1/s1. The molecule has 0 N–H and O–H groups in total. The molecule has 32 heavy (non-hydrogen) atoms. The molecule has 3 rings (SSSR count). The highest BCUT2D eigenvalue weighted by Gasteiger charge is 2.29. The van der Waals surface area contributed by atoms with E-state index in [0.29, 0.717) is 0 Å². The summed E-state index contributed by atoms with van der Waals surface area (Å²) in [5.41, 5.74) is 3.20. The van der Waals surface area contributed by atoms with Crippen molar-refractivity contribution in [3.05, 3.63) is 114 Å². The Labute approximate surface area is 191 Å². The maximum Gasteiger partial charge on any atom is 0.332 e. The van der Waals surface area contributed by atoms with Gasteiger partial charge in [-0.3, -0.25) is 4.99 Å². The van der Waals surface area contributed by atoms with Crippen molar-refractivity contribution in [1.29, 1.82) is 0 Å². The van der Waals surface area contributed by atoms with Crippen LogP contribution in [0.25, 0.3) is 6.08 Å². The zero-order valence-corrected chi connectivity index (χ0v) is 19.2. The van der Waals surface area contributed by atoms with Gasteiger partial charge in [-0.2, -0.15) is 0 Å². The predicted molar refractivity (Wildman–Crippen MR) is 133 cm³/mol. The zero-order chi connectivity index (χ0) is 23.0. The van der Waals surface area contributed by atoms with E-state index in [4.69, 9.17) is 9.73 Å². The first-order valence-corrected chi connectivity index (χ1v) is 11.0. The molecule has 0 aromatic heterocycles. The van der Waals surface area contributed by atoms with Crippen LogP contribution in [-0.4, -0.2) is 23.3 Å². The normalized spacial score (nSPS) is 13.4. The minimum Gasteiger partial charge on any atom is -0.458 e. The number of hydrogen-bond acceptors (Lipinski definition) is 3. The van der Waals surface area contributed by atoms with Crippen LogP contribution in [0, 0.1) is 5.92 Å². The summed E-state index contributed by atoms with van der Waals surface area (Å²) in [5.74, 6) is -0.487. The SMILES string of the molecule is C[C@H](/C=C/c1ccccc1)[C@@H](N=C(c1ccccc1)c1ccccc1)C(=O)OC(C)(C)C. The van der Waals surface area contributed by atoms with Gasteiger partial charge in [0.25, 0.3) is 0 Å². The van der Waals surface area contributed by atoms with Crippen LogP contribution >= 0.6 is 0 Å². The minimum atomic E-state index is -0.676. The van der Waals surface area contributed by atoms with Gasteiger partial charge in [0.2, 0.25) is 0 Å². The number of benzene rings is 3. The second kappa shape index (κ2) is 10.7. The fraction of sp³-hybridized carbons (Fsp3) is 0.241. The Morgan fingerprint density at radius 1 is 0.812 bits per heavy atom. The van der Waals surface area contributed by atoms with Crippen LogP contribution in [0.15, 0.2) is 102 Å². The Morgan fingerprint density at radius 3 is 1.75 bits per heavy atom. The summed E-state index contributed by atoms with van der Waals surface area (Å²) in [4.78, 5) is 18.3. The van der Waals surface area contributed by atoms with E-state index in [9.17, 15) is 4.79 Å². The molecule has 0 bridgehead atoms. The van der Waals surface area contributed by atoms with Gasteiger partial charge in [-0.1, -0.05) is 110 Å². The summed E-state index contributed by atoms with van der Waals surface area (Å²) in [7, 11) is 0. The Kier molecular flexibility index (Phi) is 7.77. The molecule has 0 radical (unpaired) electrons. The summed E-state index contributed by atoms with van der Waals surface area (Å²) >= 11 is 0. The molecule has 0 heterocycles. The van der Waals surface area contributed by atoms with Crippen LogP contribution < -0.4 is 0 Å². The van der Waals surface area contributed by atoms with Crippen molar-refractivity contribution in [2.24, 2.45) is 10.9 Å². The van der Waals surface area contributed by atoms with E-state index < -0.39 is 11.6 Å². The first kappa shape index (κ1) is 23.2. The van der Waals surface area contributed by atoms with Crippen molar-refractivity contribution in [2.45, 2.75) is 39.3 Å². The van der Waals surface area contributed by atoms with Crippen LogP contribution in [-0.2, 0) is 9.53 Å². The fourth-order valence-corrected chi connectivity index (χ4v) is 3.33. The highest BCUT2D eigenvalue weighted by molar-refractivity contribution is 6.13. The molecule has 0 aliphatic carbocycles. The molecule has 3 heteroatoms. The second-order valence-electron chi connectivity index (χ2n) is 8.82.